The van der Waals surface area contributed by atoms with Crippen LogP contribution in [0, 0.1) is 88.8 Å². The number of likely N-dealkylation sites (tertiary alicyclic amines) is 1. The number of carbonyl (C=O) groups is 14. The maximum atomic E-state index is 15.0. The van der Waals surface area contributed by atoms with Gasteiger partial charge in [0.1, 0.15) is 55.7 Å². The number of rotatable bonds is 64. The van der Waals surface area contributed by atoms with Gasteiger partial charge in [-0.3, -0.25) is 62.3 Å². The molecule has 5 amide bonds. The summed E-state index contributed by atoms with van der Waals surface area (Å²) in [5.41, 5.74) is 0. The molecule has 32 heteroatoms. The van der Waals surface area contributed by atoms with Gasteiger partial charge in [0.15, 0.2) is 25.2 Å². The second kappa shape index (κ2) is 61.9. The van der Waals surface area contributed by atoms with E-state index in [0.29, 0.717) is 142 Å². The summed E-state index contributed by atoms with van der Waals surface area (Å²) in [6, 6.07) is -0.508. The molecule has 0 radical (unpaired) electrons. The van der Waals surface area contributed by atoms with Crippen LogP contribution in [-0.2, 0) is 129 Å². The molecule has 11 unspecified atom stereocenters. The third-order valence-electron chi connectivity index (χ3n) is 28.2. The lowest BCUT2D eigenvalue weighted by Crippen LogP contribution is -2.47. The van der Waals surface area contributed by atoms with Crippen LogP contribution < -0.4 is 21.3 Å². The summed E-state index contributed by atoms with van der Waals surface area (Å²) >= 11 is 0. The number of ketones is 4. The summed E-state index contributed by atoms with van der Waals surface area (Å²) in [6.45, 7) is 34.6. The number of carbonyl (C=O) groups excluding carboxylic acids is 14. The molecule has 25 atom stereocenters. The van der Waals surface area contributed by atoms with Crippen LogP contribution in [0.3, 0.4) is 0 Å². The van der Waals surface area contributed by atoms with E-state index in [-0.39, 0.29) is 291 Å². The van der Waals surface area contributed by atoms with Gasteiger partial charge in [-0.25, -0.2) is 0 Å². The number of nitrogens with zero attached hydrogens (tertiary/aromatic N) is 1. The van der Waals surface area contributed by atoms with E-state index >= 15 is 4.79 Å². The summed E-state index contributed by atoms with van der Waals surface area (Å²) in [7, 11) is 0. The Kier molecular flexibility index (Phi) is 53.3. The Morgan fingerprint density at radius 3 is 1.03 bits per heavy atom. The van der Waals surface area contributed by atoms with Gasteiger partial charge >= 0.3 is 29.8 Å². The fourth-order valence-corrected chi connectivity index (χ4v) is 17.9. The molecule has 131 heavy (non-hydrogen) atoms. The lowest BCUT2D eigenvalue weighted by molar-refractivity contribution is -0.255. The van der Waals surface area contributed by atoms with Gasteiger partial charge in [-0.1, -0.05) is 102 Å². The normalized spacial score (nSPS) is 28.0. The first-order valence-electron chi connectivity index (χ1n) is 50.0. The molecule has 5 saturated heterocycles. The molecule has 5 aliphatic rings. The topological polar surface area (TPSA) is 410 Å². The highest BCUT2D eigenvalue weighted by Crippen LogP contribution is 2.41. The second-order valence-electron chi connectivity index (χ2n) is 38.4. The van der Waals surface area contributed by atoms with Gasteiger partial charge in [0.2, 0.25) is 29.5 Å². The first-order chi connectivity index (χ1) is 62.8. The molecule has 5 rings (SSSR count). The number of hydrogen-bond donors (Lipinski definition) is 4. The third kappa shape index (κ3) is 42.9. The first-order valence-corrected chi connectivity index (χ1v) is 49.3. The zero-order valence-corrected chi connectivity index (χ0v) is 82.3. The number of amides is 5. The number of esters is 5. The third-order valence-corrected chi connectivity index (χ3v) is 28.2. The predicted octanol–water partition coefficient (Wildman–Crippen LogP) is 12.9. The molecule has 0 aromatic rings. The highest BCUT2D eigenvalue weighted by atomic mass is 16.7. The molecule has 5 aliphatic heterocycles. The van der Waals surface area contributed by atoms with Gasteiger partial charge in [0.25, 0.3) is 0 Å². The maximum absolute atomic E-state index is 15.0. The van der Waals surface area contributed by atoms with Crippen molar-refractivity contribution in [3.63, 3.8) is 0 Å². The number of unbranched alkanes of at least 4 members (excludes halogenated alkanes) is 7. The van der Waals surface area contributed by atoms with Crippen LogP contribution in [0.5, 0.6) is 0 Å². The van der Waals surface area contributed by atoms with E-state index in [1.807, 2.05) is 0 Å². The van der Waals surface area contributed by atoms with Gasteiger partial charge in [-0.05, 0) is 157 Å². The zero-order valence-electron chi connectivity index (χ0n) is 83.3. The van der Waals surface area contributed by atoms with Crippen molar-refractivity contribution >= 4 is 82.5 Å². The molecule has 0 aliphatic carbocycles. The Balaban J connectivity index is 1.26. The van der Waals surface area contributed by atoms with Crippen LogP contribution in [0.4, 0.5) is 0 Å². The molecule has 0 aromatic heterocycles. The predicted molar refractivity (Wildman–Crippen MR) is 488 cm³/mol. The number of Topliss-reactive ketones (excluding diaryl/α,β-unsaturated/α-hetero) is 4. The van der Waals surface area contributed by atoms with E-state index in [0.717, 1.165) is 0 Å². The van der Waals surface area contributed by atoms with Crippen LogP contribution in [0.2, 0.25) is 0 Å². The molecule has 0 bridgehead atoms. The van der Waals surface area contributed by atoms with Crippen molar-refractivity contribution in [2.75, 3.05) is 85.6 Å². The van der Waals surface area contributed by atoms with Crippen molar-refractivity contribution < 1.29 is 130 Å². The SMILES string of the molecule is [2H]C[C@@H]1C[C@@H](OC(=O)CCC(C)=O)CN1C(=O)CCCNC(=O)C(CCCCNC(=O)C(CCCCNC(=O)CCCCO[C@@H]1OC(COC(C)=O)[C@H](C)[C@H](C)C1C)CC(=O)CCCCO[C@@H]1OC(COC(C)=O)[C@H](C)[C@H](C)C1C)CC(=O)C(CCCCNC(=O)CCCCO[C@@H]1OC(COC(C)=O)[C@H](C)[C@H](C)C1C)CC(=O)CCCCO[C@@H]1OC(COC(C)=O)[C@H](C)[C@H](C)C1C. The minimum absolute atomic E-state index is 0.00886. The van der Waals surface area contributed by atoms with Crippen LogP contribution in [0.1, 0.15) is 312 Å². The standard InChI is InChI=1S/C99H167N5O27/c1-61-52-84(127-93(116)43-42-62(2)105)56-104(61)92(115)41-33-47-103-95(118)81(55-85(112)79(53-82(110)37-22-29-48-119-96-71(11)63(3)67(7)86(128-96)57-123-75(15)106)34-19-26-44-100-90(113)39-24-31-50-121-98-73(13)65(5)69(9)88(130-98)59-125-77(17)108)36-21-28-46-102-94(117)80(54-83(111)38-23-30-49-120-97-72(12)64(4)68(8)87(129-97)58-124-76(16)107)35-20-27-45-101-91(114)40-25-32-51-122-99-74(14)66(6)70(10)89(131-99)60-126-78(18)109/h61,63-74,79-81,84,86-89,96-99H,19-60H2,1-18H3,(H,100,113)(H,101,114)(H,102,117)(H,103,118)/t61-,63+,64+,65+,66+,67-,68-,69-,70-,71?,72?,73?,74?,79?,80?,81?,84-,86?,87?,88?,89?,96-,97-,98-,99-/m1/s1/i1D. The molecule has 4 N–H and O–H groups in total. The first kappa shape index (κ1) is 113. The number of hydrogen-bond acceptors (Lipinski definition) is 27. The minimum Gasteiger partial charge on any atom is -0.463 e. The van der Waals surface area contributed by atoms with Crippen molar-refractivity contribution in [2.24, 2.45) is 88.8 Å². The maximum Gasteiger partial charge on any atom is 0.306 e. The molecular formula is C99H167N5O27. The Morgan fingerprint density at radius 1 is 0.351 bits per heavy atom. The average molecular weight is 1860 g/mol. The van der Waals surface area contributed by atoms with Crippen LogP contribution >= 0.6 is 0 Å². The van der Waals surface area contributed by atoms with Gasteiger partial charge in [0.05, 0.1) is 37.4 Å². The Hall–Kier alpha value is -6.94. The van der Waals surface area contributed by atoms with Crippen molar-refractivity contribution in [3.8, 4) is 0 Å². The fourth-order valence-electron chi connectivity index (χ4n) is 17.9. The van der Waals surface area contributed by atoms with E-state index in [2.05, 4.69) is 104 Å². The molecule has 5 heterocycles. The van der Waals surface area contributed by atoms with Crippen molar-refractivity contribution in [1.29, 1.82) is 0 Å². The summed E-state index contributed by atoms with van der Waals surface area (Å²) in [5, 5.41) is 12.0. The van der Waals surface area contributed by atoms with Gasteiger partial charge in [-0.2, -0.15) is 0 Å². The highest BCUT2D eigenvalue weighted by Gasteiger charge is 2.45. The molecule has 750 valence electrons. The summed E-state index contributed by atoms with van der Waals surface area (Å²) in [5.74, 6) is -4.74. The number of ether oxygens (including phenoxy) is 13. The van der Waals surface area contributed by atoms with Crippen molar-refractivity contribution in [3.05, 3.63) is 0 Å². The van der Waals surface area contributed by atoms with E-state index < -0.39 is 78.9 Å². The second-order valence-corrected chi connectivity index (χ2v) is 38.4. The zero-order chi connectivity index (χ0) is 97.5. The largest absolute Gasteiger partial charge is 0.463 e. The lowest BCUT2D eigenvalue weighted by Gasteiger charge is -2.43. The average Bonchev–Trinajstić information content (AvgIpc) is 1.19. The Labute approximate surface area is 782 Å². The quantitative estimate of drug-likeness (QED) is 0.0250. The van der Waals surface area contributed by atoms with Crippen LogP contribution in [-0.4, -0.2) is 235 Å². The molecular weight excluding hydrogens is 1690 g/mol. The minimum atomic E-state index is -0.902. The highest BCUT2D eigenvalue weighted by molar-refractivity contribution is 5.91. The molecule has 0 saturated carbocycles. The molecule has 0 aromatic carbocycles. The van der Waals surface area contributed by atoms with Gasteiger partial charge < -0.3 is 92.5 Å². The smallest absolute Gasteiger partial charge is 0.306 e. The molecule has 5 fully saturated rings. The Bertz CT molecular complexity index is 3540. The van der Waals surface area contributed by atoms with Gasteiger partial charge in [-0.15, -0.1) is 0 Å². The monoisotopic (exact) mass is 1860 g/mol. The van der Waals surface area contributed by atoms with E-state index in [4.69, 9.17) is 62.9 Å². The lowest BCUT2D eigenvalue weighted by atomic mass is 9.79. The van der Waals surface area contributed by atoms with Crippen molar-refractivity contribution in [1.82, 2.24) is 26.2 Å². The van der Waals surface area contributed by atoms with E-state index in [1.54, 1.807) is 0 Å². The van der Waals surface area contributed by atoms with E-state index in [9.17, 15) is 62.3 Å². The molecule has 0 spiro atoms. The van der Waals surface area contributed by atoms with Crippen LogP contribution in [0.25, 0.3) is 0 Å². The van der Waals surface area contributed by atoms with Crippen molar-refractivity contribution in [2.45, 2.75) is 373 Å². The summed E-state index contributed by atoms with van der Waals surface area (Å²) in [4.78, 5) is 184. The molecule has 32 nitrogen and oxygen atoms in total. The number of nitrogens with one attached hydrogen (secondary N) is 4. The fraction of sp³-hybridized carbons (Fsp3) is 0.859. The van der Waals surface area contributed by atoms with Crippen LogP contribution in [0.15, 0.2) is 0 Å². The van der Waals surface area contributed by atoms with Gasteiger partial charge in [0, 0.05) is 193 Å². The summed E-state index contributed by atoms with van der Waals surface area (Å²) in [6.07, 6.45) is 4.96. The Morgan fingerprint density at radius 2 is 0.679 bits per heavy atom. The summed E-state index contributed by atoms with van der Waals surface area (Å²) < 4.78 is 84.8. The van der Waals surface area contributed by atoms with E-state index in [1.165, 1.54) is 39.5 Å².